The normalized spacial score (nSPS) is 23.6. The van der Waals surface area contributed by atoms with Gasteiger partial charge in [0, 0.05) is 10.9 Å². The summed E-state index contributed by atoms with van der Waals surface area (Å²) in [6, 6.07) is 4.12. The maximum absolute atomic E-state index is 12.7. The second kappa shape index (κ2) is 6.54. The fourth-order valence-corrected chi connectivity index (χ4v) is 4.96. The number of hydrogen-bond acceptors (Lipinski definition) is 4. The molecule has 0 aliphatic heterocycles. The summed E-state index contributed by atoms with van der Waals surface area (Å²) in [5.41, 5.74) is 1.33. The van der Waals surface area contributed by atoms with E-state index in [4.69, 9.17) is 0 Å². The average Bonchev–Trinajstić information content (AvgIpc) is 3.11. The first kappa shape index (κ1) is 17.3. The van der Waals surface area contributed by atoms with Gasteiger partial charge in [-0.2, -0.15) is 5.10 Å². The predicted molar refractivity (Wildman–Crippen MR) is 104 cm³/mol. The summed E-state index contributed by atoms with van der Waals surface area (Å²) in [5.74, 6) is 0.933. The lowest BCUT2D eigenvalue weighted by Gasteiger charge is -2.34. The van der Waals surface area contributed by atoms with Crippen LogP contribution in [0.1, 0.15) is 38.0 Å². The summed E-state index contributed by atoms with van der Waals surface area (Å²) >= 11 is 1.65. The molecule has 3 aromatic heterocycles. The van der Waals surface area contributed by atoms with E-state index < -0.39 is 0 Å². The summed E-state index contributed by atoms with van der Waals surface area (Å²) < 4.78 is 4.13. The number of amides is 1. The van der Waals surface area contributed by atoms with Crippen molar-refractivity contribution in [3.8, 4) is 0 Å². The fraction of sp³-hybridized carbons (Fsp3) is 0.526. The number of nitrogens with one attached hydrogen (secondary N) is 1. The lowest BCUT2D eigenvalue weighted by atomic mass is 9.78. The Labute approximate surface area is 155 Å². The van der Waals surface area contributed by atoms with Crippen molar-refractivity contribution >= 4 is 33.0 Å². The summed E-state index contributed by atoms with van der Waals surface area (Å²) in [6.45, 7) is 6.44. The van der Waals surface area contributed by atoms with Crippen LogP contribution in [0.5, 0.6) is 0 Å². The van der Waals surface area contributed by atoms with Crippen molar-refractivity contribution in [3.05, 3.63) is 33.7 Å². The van der Waals surface area contributed by atoms with Crippen LogP contribution in [-0.4, -0.2) is 26.1 Å². The van der Waals surface area contributed by atoms with Crippen molar-refractivity contribution in [2.75, 3.05) is 0 Å². The van der Waals surface area contributed by atoms with Gasteiger partial charge in [0.15, 0.2) is 0 Å². The van der Waals surface area contributed by atoms with E-state index in [0.29, 0.717) is 17.4 Å². The zero-order chi connectivity index (χ0) is 18.4. The van der Waals surface area contributed by atoms with Crippen LogP contribution in [-0.2, 0) is 11.3 Å². The molecule has 1 aliphatic rings. The topological polar surface area (TPSA) is 68.4 Å². The summed E-state index contributed by atoms with van der Waals surface area (Å²) in [7, 11) is 0. The molecule has 0 radical (unpaired) electrons. The molecule has 0 saturated heterocycles. The third-order valence-electron chi connectivity index (χ3n) is 5.76. The second-order valence-electron chi connectivity index (χ2n) is 7.54. The summed E-state index contributed by atoms with van der Waals surface area (Å²) in [6.07, 6.45) is 4.99. The van der Waals surface area contributed by atoms with E-state index in [0.717, 1.165) is 23.1 Å². The minimum Gasteiger partial charge on any atom is -0.351 e. The molecule has 7 heteroatoms. The molecule has 138 valence electrons. The molecule has 0 aromatic carbocycles. The highest BCUT2D eigenvalue weighted by Crippen LogP contribution is 2.29. The SMILES string of the molecule is Cc1cc2c(cc3c(=O)n(CC(=O)N[C@@H]4CCC[C@H](C)[C@@H]4C)ncn32)s1. The van der Waals surface area contributed by atoms with Gasteiger partial charge in [0.25, 0.3) is 5.56 Å². The molecular formula is C19H24N4O2S. The monoisotopic (exact) mass is 372 g/mol. The van der Waals surface area contributed by atoms with Crippen LogP contribution in [0.4, 0.5) is 0 Å². The fourth-order valence-electron chi connectivity index (χ4n) is 4.01. The Morgan fingerprint density at radius 2 is 2.12 bits per heavy atom. The molecule has 1 N–H and O–H groups in total. The van der Waals surface area contributed by atoms with Gasteiger partial charge in [-0.1, -0.05) is 26.7 Å². The van der Waals surface area contributed by atoms with Crippen LogP contribution in [0.2, 0.25) is 0 Å². The summed E-state index contributed by atoms with van der Waals surface area (Å²) in [4.78, 5) is 26.4. The number of carbonyl (C=O) groups is 1. The van der Waals surface area contributed by atoms with Crippen molar-refractivity contribution in [1.29, 1.82) is 0 Å². The third-order valence-corrected chi connectivity index (χ3v) is 6.74. The van der Waals surface area contributed by atoms with Crippen molar-refractivity contribution in [3.63, 3.8) is 0 Å². The lowest BCUT2D eigenvalue weighted by Crippen LogP contribution is -2.45. The van der Waals surface area contributed by atoms with Gasteiger partial charge in [0.05, 0.1) is 10.2 Å². The standard InChI is InChI=1S/C19H24N4O2S/c1-11-5-4-6-14(13(11)3)21-18(24)9-23-19(25)16-8-17-15(7-12(2)26-17)22(16)10-20-23/h7-8,10-11,13-14H,4-6,9H2,1-3H3,(H,21,24)/t11-,13-,14+/m0/s1. The first-order valence-corrected chi connectivity index (χ1v) is 10.0. The molecule has 3 atom stereocenters. The highest BCUT2D eigenvalue weighted by molar-refractivity contribution is 7.19. The van der Waals surface area contributed by atoms with Crippen LogP contribution in [0.3, 0.4) is 0 Å². The smallest absolute Gasteiger partial charge is 0.291 e. The first-order valence-electron chi connectivity index (χ1n) is 9.20. The van der Waals surface area contributed by atoms with Crippen molar-refractivity contribution in [1.82, 2.24) is 19.5 Å². The number of nitrogens with zero attached hydrogens (tertiary/aromatic N) is 3. The minimum atomic E-state index is -0.228. The molecule has 6 nitrogen and oxygen atoms in total. The van der Waals surface area contributed by atoms with E-state index in [1.54, 1.807) is 22.1 Å². The van der Waals surface area contributed by atoms with Gasteiger partial charge in [-0.15, -0.1) is 11.3 Å². The van der Waals surface area contributed by atoms with E-state index in [9.17, 15) is 9.59 Å². The van der Waals surface area contributed by atoms with Crippen LogP contribution in [0.15, 0.2) is 23.3 Å². The Balaban J connectivity index is 1.56. The Bertz CT molecular complexity index is 1030. The van der Waals surface area contributed by atoms with Crippen LogP contribution >= 0.6 is 11.3 Å². The zero-order valence-electron chi connectivity index (χ0n) is 15.4. The summed E-state index contributed by atoms with van der Waals surface area (Å²) in [5, 5.41) is 7.32. The van der Waals surface area contributed by atoms with Gasteiger partial charge in [0.2, 0.25) is 5.91 Å². The molecule has 1 aliphatic carbocycles. The third kappa shape index (κ3) is 2.94. The molecule has 0 bridgehead atoms. The number of aryl methyl sites for hydroxylation is 1. The first-order chi connectivity index (χ1) is 12.4. The van der Waals surface area contributed by atoms with E-state index in [1.165, 1.54) is 16.0 Å². The van der Waals surface area contributed by atoms with Crippen LogP contribution in [0, 0.1) is 18.8 Å². The van der Waals surface area contributed by atoms with E-state index in [2.05, 4.69) is 30.3 Å². The second-order valence-corrected chi connectivity index (χ2v) is 8.83. The van der Waals surface area contributed by atoms with Crippen molar-refractivity contribution < 1.29 is 4.79 Å². The van der Waals surface area contributed by atoms with Crippen LogP contribution < -0.4 is 10.9 Å². The quantitative estimate of drug-likeness (QED) is 0.768. The maximum atomic E-state index is 12.7. The molecular weight excluding hydrogens is 348 g/mol. The molecule has 4 rings (SSSR count). The molecule has 3 aromatic rings. The van der Waals surface area contributed by atoms with E-state index in [1.807, 2.05) is 13.0 Å². The molecule has 26 heavy (non-hydrogen) atoms. The van der Waals surface area contributed by atoms with Gasteiger partial charge in [-0.05, 0) is 37.3 Å². The molecule has 1 fully saturated rings. The molecule has 3 heterocycles. The van der Waals surface area contributed by atoms with Gasteiger partial charge >= 0.3 is 0 Å². The van der Waals surface area contributed by atoms with Gasteiger partial charge in [-0.25, -0.2) is 4.68 Å². The number of rotatable bonds is 3. The number of fused-ring (bicyclic) bond motifs is 3. The number of hydrogen-bond donors (Lipinski definition) is 1. The number of carbonyl (C=O) groups excluding carboxylic acids is 1. The molecule has 1 amide bonds. The average molecular weight is 372 g/mol. The Hall–Kier alpha value is -2.15. The van der Waals surface area contributed by atoms with E-state index >= 15 is 0 Å². The highest BCUT2D eigenvalue weighted by Gasteiger charge is 2.28. The largest absolute Gasteiger partial charge is 0.351 e. The maximum Gasteiger partial charge on any atom is 0.291 e. The van der Waals surface area contributed by atoms with Gasteiger partial charge < -0.3 is 5.32 Å². The molecule has 0 unspecified atom stereocenters. The minimum absolute atomic E-state index is 0.0369. The van der Waals surface area contributed by atoms with Crippen molar-refractivity contribution in [2.45, 2.75) is 52.6 Å². The zero-order valence-corrected chi connectivity index (χ0v) is 16.2. The van der Waals surface area contributed by atoms with Gasteiger partial charge in [-0.3, -0.25) is 14.0 Å². The Morgan fingerprint density at radius 3 is 2.92 bits per heavy atom. The predicted octanol–water partition coefficient (Wildman–Crippen LogP) is 2.96. The molecule has 0 spiro atoms. The molecule has 1 saturated carbocycles. The highest BCUT2D eigenvalue weighted by atomic mass is 32.1. The lowest BCUT2D eigenvalue weighted by molar-refractivity contribution is -0.123. The Kier molecular flexibility index (Phi) is 4.34. The van der Waals surface area contributed by atoms with Crippen LogP contribution in [0.25, 0.3) is 15.7 Å². The van der Waals surface area contributed by atoms with Gasteiger partial charge in [0.1, 0.15) is 18.4 Å². The Morgan fingerprint density at radius 1 is 1.31 bits per heavy atom. The number of aromatic nitrogens is 3. The van der Waals surface area contributed by atoms with E-state index in [-0.39, 0.29) is 24.1 Å². The number of thiophene rings is 1. The van der Waals surface area contributed by atoms with Crippen molar-refractivity contribution in [2.24, 2.45) is 11.8 Å².